The number of hydrogen-bond acceptors (Lipinski definition) is 6. The molecular formula is C23H22N2O6. The van der Waals surface area contributed by atoms with E-state index in [4.69, 9.17) is 13.9 Å². The van der Waals surface area contributed by atoms with Crippen LogP contribution in [0.5, 0.6) is 5.75 Å². The van der Waals surface area contributed by atoms with Crippen LogP contribution in [0, 0.1) is 0 Å². The van der Waals surface area contributed by atoms with Crippen LogP contribution < -0.4 is 15.4 Å². The first-order chi connectivity index (χ1) is 15.0. The minimum atomic E-state index is -0.733. The SMILES string of the molecule is COc1ccc(NC(=O)NC(=O)COC(=O)CCc2ccc(-c3ccccc3)o2)cc1. The van der Waals surface area contributed by atoms with E-state index < -0.39 is 24.5 Å². The summed E-state index contributed by atoms with van der Waals surface area (Å²) < 4.78 is 15.7. The Kier molecular flexibility index (Phi) is 7.42. The Balaban J connectivity index is 1.36. The normalized spacial score (nSPS) is 10.2. The molecule has 0 aliphatic heterocycles. The summed E-state index contributed by atoms with van der Waals surface area (Å²) in [5.74, 6) is 0.692. The Morgan fingerprint density at radius 3 is 2.39 bits per heavy atom. The molecule has 3 rings (SSSR count). The lowest BCUT2D eigenvalue weighted by Gasteiger charge is -2.08. The maximum Gasteiger partial charge on any atom is 0.325 e. The summed E-state index contributed by atoms with van der Waals surface area (Å²) in [4.78, 5) is 35.5. The summed E-state index contributed by atoms with van der Waals surface area (Å²) in [5, 5.41) is 4.59. The Morgan fingerprint density at radius 1 is 0.935 bits per heavy atom. The van der Waals surface area contributed by atoms with Gasteiger partial charge < -0.3 is 19.2 Å². The summed E-state index contributed by atoms with van der Waals surface area (Å²) in [6, 6.07) is 19.1. The van der Waals surface area contributed by atoms with Crippen molar-refractivity contribution >= 4 is 23.6 Å². The first kappa shape index (κ1) is 21.6. The smallest absolute Gasteiger partial charge is 0.325 e. The van der Waals surface area contributed by atoms with Crippen molar-refractivity contribution in [2.24, 2.45) is 0 Å². The van der Waals surface area contributed by atoms with Gasteiger partial charge >= 0.3 is 12.0 Å². The quantitative estimate of drug-likeness (QED) is 0.535. The number of carbonyl (C=O) groups excluding carboxylic acids is 3. The Hall–Kier alpha value is -4.07. The maximum atomic E-state index is 11.9. The number of methoxy groups -OCH3 is 1. The second-order valence-electron chi connectivity index (χ2n) is 6.52. The molecule has 0 saturated carbocycles. The van der Waals surface area contributed by atoms with E-state index in [-0.39, 0.29) is 6.42 Å². The molecular weight excluding hydrogens is 400 g/mol. The van der Waals surface area contributed by atoms with Gasteiger partial charge in [0.05, 0.1) is 13.5 Å². The number of esters is 1. The van der Waals surface area contributed by atoms with E-state index >= 15 is 0 Å². The molecule has 2 aromatic carbocycles. The molecule has 3 amide bonds. The molecule has 0 radical (unpaired) electrons. The molecule has 0 aliphatic rings. The third-order valence-corrected chi connectivity index (χ3v) is 4.26. The van der Waals surface area contributed by atoms with Gasteiger partial charge in [-0.05, 0) is 36.4 Å². The summed E-state index contributed by atoms with van der Waals surface area (Å²) in [6.07, 6.45) is 0.387. The lowest BCUT2D eigenvalue weighted by molar-refractivity contribution is -0.148. The van der Waals surface area contributed by atoms with Crippen LogP contribution in [0.4, 0.5) is 10.5 Å². The molecule has 0 atom stereocenters. The van der Waals surface area contributed by atoms with E-state index in [1.165, 1.54) is 7.11 Å². The fourth-order valence-electron chi connectivity index (χ4n) is 2.71. The number of amides is 3. The largest absolute Gasteiger partial charge is 0.497 e. The zero-order chi connectivity index (χ0) is 22.1. The Morgan fingerprint density at radius 2 is 1.68 bits per heavy atom. The van der Waals surface area contributed by atoms with Gasteiger partial charge in [-0.25, -0.2) is 4.79 Å². The number of carbonyl (C=O) groups is 3. The maximum absolute atomic E-state index is 11.9. The van der Waals surface area contributed by atoms with Crippen molar-refractivity contribution in [2.75, 3.05) is 19.0 Å². The van der Waals surface area contributed by atoms with Crippen LogP contribution in [0.15, 0.2) is 71.1 Å². The fourth-order valence-corrected chi connectivity index (χ4v) is 2.71. The van der Waals surface area contributed by atoms with Gasteiger partial charge in [0.25, 0.3) is 5.91 Å². The molecule has 0 bridgehead atoms. The minimum absolute atomic E-state index is 0.0487. The van der Waals surface area contributed by atoms with Crippen LogP contribution in [0.2, 0.25) is 0 Å². The van der Waals surface area contributed by atoms with Crippen LogP contribution in [-0.4, -0.2) is 31.6 Å². The van der Waals surface area contributed by atoms with Gasteiger partial charge in [0.15, 0.2) is 6.61 Å². The predicted molar refractivity (Wildman–Crippen MR) is 114 cm³/mol. The zero-order valence-corrected chi connectivity index (χ0v) is 16.9. The number of anilines is 1. The second-order valence-corrected chi connectivity index (χ2v) is 6.52. The molecule has 31 heavy (non-hydrogen) atoms. The van der Waals surface area contributed by atoms with Crippen molar-refractivity contribution in [3.05, 3.63) is 72.5 Å². The molecule has 0 unspecified atom stereocenters. The summed E-state index contributed by atoms with van der Waals surface area (Å²) in [5.41, 5.74) is 1.43. The third kappa shape index (κ3) is 6.74. The monoisotopic (exact) mass is 422 g/mol. The summed E-state index contributed by atoms with van der Waals surface area (Å²) in [7, 11) is 1.53. The van der Waals surface area contributed by atoms with Crippen molar-refractivity contribution < 1.29 is 28.3 Å². The van der Waals surface area contributed by atoms with E-state index in [1.54, 1.807) is 30.3 Å². The number of ether oxygens (including phenoxy) is 2. The first-order valence-electron chi connectivity index (χ1n) is 9.58. The molecule has 8 nitrogen and oxygen atoms in total. The highest BCUT2D eigenvalue weighted by atomic mass is 16.5. The Bertz CT molecular complexity index is 1030. The number of nitrogens with one attached hydrogen (secondary N) is 2. The fraction of sp³-hybridized carbons (Fsp3) is 0.174. The van der Waals surface area contributed by atoms with E-state index in [0.717, 1.165) is 5.56 Å². The van der Waals surface area contributed by atoms with Crippen LogP contribution in [0.3, 0.4) is 0 Å². The van der Waals surface area contributed by atoms with Crippen molar-refractivity contribution in [3.8, 4) is 17.1 Å². The lowest BCUT2D eigenvalue weighted by Crippen LogP contribution is -2.37. The second kappa shape index (κ2) is 10.6. The van der Waals surface area contributed by atoms with Crippen LogP contribution in [0.25, 0.3) is 11.3 Å². The number of furan rings is 1. The molecule has 2 N–H and O–H groups in total. The van der Waals surface area contributed by atoms with Crippen molar-refractivity contribution in [3.63, 3.8) is 0 Å². The van der Waals surface area contributed by atoms with Gasteiger partial charge in [0.2, 0.25) is 0 Å². The summed E-state index contributed by atoms with van der Waals surface area (Å²) >= 11 is 0. The van der Waals surface area contributed by atoms with Crippen LogP contribution >= 0.6 is 0 Å². The van der Waals surface area contributed by atoms with E-state index in [9.17, 15) is 14.4 Å². The van der Waals surface area contributed by atoms with Gasteiger partial charge in [-0.15, -0.1) is 0 Å². The van der Waals surface area contributed by atoms with Crippen molar-refractivity contribution in [2.45, 2.75) is 12.8 Å². The standard InChI is InChI=1S/C23H22N2O6/c1-29-18-9-7-17(8-10-18)24-23(28)25-21(26)15-30-22(27)14-12-19-11-13-20(31-19)16-5-3-2-4-6-16/h2-11,13H,12,14-15H2,1H3,(H2,24,25,26,28). The topological polar surface area (TPSA) is 107 Å². The van der Waals surface area contributed by atoms with E-state index in [2.05, 4.69) is 10.6 Å². The average molecular weight is 422 g/mol. The van der Waals surface area contributed by atoms with Gasteiger partial charge in [0, 0.05) is 17.7 Å². The number of rotatable bonds is 8. The molecule has 8 heteroatoms. The van der Waals surface area contributed by atoms with Crippen LogP contribution in [-0.2, 0) is 20.7 Å². The molecule has 1 heterocycles. The first-order valence-corrected chi connectivity index (χ1v) is 9.58. The number of hydrogen-bond donors (Lipinski definition) is 2. The minimum Gasteiger partial charge on any atom is -0.497 e. The number of benzene rings is 2. The van der Waals surface area contributed by atoms with Crippen LogP contribution in [0.1, 0.15) is 12.2 Å². The van der Waals surface area contributed by atoms with Gasteiger partial charge in [-0.1, -0.05) is 30.3 Å². The van der Waals surface area contributed by atoms with E-state index in [0.29, 0.717) is 29.4 Å². The highest BCUT2D eigenvalue weighted by Crippen LogP contribution is 2.22. The van der Waals surface area contributed by atoms with Gasteiger partial charge in [0.1, 0.15) is 17.3 Å². The molecule has 1 aromatic heterocycles. The molecule has 3 aromatic rings. The molecule has 160 valence electrons. The average Bonchev–Trinajstić information content (AvgIpc) is 3.26. The van der Waals surface area contributed by atoms with E-state index in [1.807, 2.05) is 36.4 Å². The molecule has 0 aliphatic carbocycles. The van der Waals surface area contributed by atoms with Gasteiger partial charge in [-0.3, -0.25) is 14.9 Å². The highest BCUT2D eigenvalue weighted by molar-refractivity contribution is 6.01. The number of imide groups is 1. The lowest BCUT2D eigenvalue weighted by atomic mass is 10.2. The molecule has 0 spiro atoms. The highest BCUT2D eigenvalue weighted by Gasteiger charge is 2.12. The van der Waals surface area contributed by atoms with Crippen molar-refractivity contribution in [1.29, 1.82) is 0 Å². The predicted octanol–water partition coefficient (Wildman–Crippen LogP) is 3.78. The zero-order valence-electron chi connectivity index (χ0n) is 16.9. The number of urea groups is 1. The Labute approximate surface area is 179 Å². The molecule has 0 saturated heterocycles. The molecule has 0 fully saturated rings. The van der Waals surface area contributed by atoms with Gasteiger partial charge in [-0.2, -0.15) is 0 Å². The number of aryl methyl sites for hydroxylation is 1. The van der Waals surface area contributed by atoms with Crippen molar-refractivity contribution in [1.82, 2.24) is 5.32 Å². The third-order valence-electron chi connectivity index (χ3n) is 4.26. The summed E-state index contributed by atoms with van der Waals surface area (Å²) in [6.45, 7) is -0.553.